The summed E-state index contributed by atoms with van der Waals surface area (Å²) in [6.45, 7) is 9.49. The van der Waals surface area contributed by atoms with Gasteiger partial charge >= 0.3 is 5.97 Å². The van der Waals surface area contributed by atoms with Crippen molar-refractivity contribution in [3.8, 4) is 17.1 Å². The molecule has 0 fully saturated rings. The van der Waals surface area contributed by atoms with Crippen LogP contribution in [0.25, 0.3) is 22.2 Å². The van der Waals surface area contributed by atoms with Crippen molar-refractivity contribution >= 4 is 28.7 Å². The number of nitrogens with zero attached hydrogens (tertiary/aromatic N) is 1. The minimum atomic E-state index is -0.639. The molecule has 10 heteroatoms. The van der Waals surface area contributed by atoms with E-state index in [9.17, 15) is 14.4 Å². The quantitative estimate of drug-likeness (QED) is 0.203. The van der Waals surface area contributed by atoms with Gasteiger partial charge in [0, 0.05) is 29.1 Å². The van der Waals surface area contributed by atoms with E-state index in [1.807, 2.05) is 71.0 Å². The van der Waals surface area contributed by atoms with Crippen LogP contribution in [0.4, 0.5) is 0 Å². The number of aromatic nitrogens is 2. The van der Waals surface area contributed by atoms with Crippen molar-refractivity contribution in [3.05, 3.63) is 71.9 Å². The maximum absolute atomic E-state index is 12.5. The molecule has 218 valence electrons. The number of carbonyl (C=O) groups excluding carboxylic acids is 3. The lowest BCUT2D eigenvalue weighted by molar-refractivity contribution is -0.127. The number of para-hydroxylation sites is 1. The summed E-state index contributed by atoms with van der Waals surface area (Å²) in [7, 11) is 1.28. The number of esters is 1. The number of aromatic hydroxyl groups is 1. The average molecular weight is 563 g/mol. The number of hydrogen-bond acceptors (Lipinski definition) is 7. The molecular weight excluding hydrogens is 524 g/mol. The number of H-pyrrole nitrogens is 1. The molecule has 0 aliphatic heterocycles. The molecule has 0 radical (unpaired) electrons. The predicted molar refractivity (Wildman–Crippen MR) is 156 cm³/mol. The van der Waals surface area contributed by atoms with Crippen molar-refractivity contribution in [3.63, 3.8) is 0 Å². The first-order valence-corrected chi connectivity index (χ1v) is 13.5. The van der Waals surface area contributed by atoms with Crippen molar-refractivity contribution in [1.29, 1.82) is 0 Å². The van der Waals surface area contributed by atoms with E-state index in [0.717, 1.165) is 10.9 Å². The Labute approximate surface area is 239 Å². The zero-order chi connectivity index (χ0) is 30.1. The lowest BCUT2D eigenvalue weighted by Gasteiger charge is -2.19. The number of amides is 2. The van der Waals surface area contributed by atoms with Crippen LogP contribution in [0.3, 0.4) is 0 Å². The number of fused-ring (bicyclic) bond motifs is 1. The molecule has 0 spiro atoms. The topological polar surface area (TPSA) is 147 Å². The molecule has 0 aliphatic carbocycles. The third-order valence-corrected chi connectivity index (χ3v) is 6.18. The van der Waals surface area contributed by atoms with Crippen LogP contribution in [-0.4, -0.2) is 46.5 Å². The molecule has 4 aromatic rings. The summed E-state index contributed by atoms with van der Waals surface area (Å²) >= 11 is 0. The summed E-state index contributed by atoms with van der Waals surface area (Å²) in [4.78, 5) is 44.4. The number of aromatic amines is 1. The highest BCUT2D eigenvalue weighted by Crippen LogP contribution is 2.34. The number of oxazole rings is 1. The van der Waals surface area contributed by atoms with Gasteiger partial charge in [0.2, 0.25) is 17.7 Å². The monoisotopic (exact) mass is 562 g/mol. The van der Waals surface area contributed by atoms with Gasteiger partial charge in [-0.3, -0.25) is 9.59 Å². The Morgan fingerprint density at radius 3 is 2.32 bits per heavy atom. The normalized spacial score (nSPS) is 11.6. The van der Waals surface area contributed by atoms with Gasteiger partial charge in [-0.25, -0.2) is 9.78 Å². The van der Waals surface area contributed by atoms with Crippen molar-refractivity contribution in [1.82, 2.24) is 20.6 Å². The van der Waals surface area contributed by atoms with E-state index >= 15 is 0 Å². The van der Waals surface area contributed by atoms with Crippen LogP contribution < -0.4 is 10.6 Å². The van der Waals surface area contributed by atoms with Crippen LogP contribution in [0.5, 0.6) is 5.75 Å². The van der Waals surface area contributed by atoms with Gasteiger partial charge in [0.05, 0.1) is 13.7 Å². The number of rotatable bonds is 9. The van der Waals surface area contributed by atoms with E-state index < -0.39 is 12.0 Å². The number of hydrogen-bond donors (Lipinski definition) is 4. The largest absolute Gasteiger partial charge is 0.508 e. The fraction of sp³-hybridized carbons (Fsp3) is 0.355. The van der Waals surface area contributed by atoms with Gasteiger partial charge < -0.3 is 29.9 Å². The van der Waals surface area contributed by atoms with Gasteiger partial charge in [-0.1, -0.05) is 63.6 Å². The molecule has 2 aromatic carbocycles. The van der Waals surface area contributed by atoms with Gasteiger partial charge in [-0.15, -0.1) is 0 Å². The summed E-state index contributed by atoms with van der Waals surface area (Å²) in [5.74, 6) is -0.323. The molecule has 1 unspecified atom stereocenters. The second-order valence-corrected chi connectivity index (χ2v) is 10.5. The van der Waals surface area contributed by atoms with Crippen LogP contribution in [-0.2, 0) is 14.3 Å². The van der Waals surface area contributed by atoms with Crippen LogP contribution in [0.2, 0.25) is 0 Å². The second kappa shape index (κ2) is 14.2. The van der Waals surface area contributed by atoms with Gasteiger partial charge in [0.1, 0.15) is 11.8 Å². The van der Waals surface area contributed by atoms with Crippen molar-refractivity contribution < 1.29 is 28.6 Å². The maximum Gasteiger partial charge on any atom is 0.360 e. The highest BCUT2D eigenvalue weighted by atomic mass is 16.5. The molecule has 41 heavy (non-hydrogen) atoms. The third kappa shape index (κ3) is 8.44. The molecule has 4 rings (SSSR count). The van der Waals surface area contributed by atoms with Gasteiger partial charge in [-0.2, -0.15) is 0 Å². The summed E-state index contributed by atoms with van der Waals surface area (Å²) in [6, 6.07) is 14.1. The molecule has 0 saturated heterocycles. The molecule has 2 amide bonds. The average Bonchev–Trinajstić information content (AvgIpc) is 3.56. The molecule has 1 atom stereocenters. The second-order valence-electron chi connectivity index (χ2n) is 10.5. The number of nitrogens with one attached hydrogen (secondary N) is 3. The number of ether oxygens (including phenoxy) is 1. The van der Waals surface area contributed by atoms with E-state index in [0.29, 0.717) is 17.7 Å². The fourth-order valence-corrected chi connectivity index (χ4v) is 4.05. The molecular formula is C31H38N4O6. The summed E-state index contributed by atoms with van der Waals surface area (Å²) in [6.07, 6.45) is 2.09. The van der Waals surface area contributed by atoms with E-state index in [1.54, 1.807) is 18.3 Å². The van der Waals surface area contributed by atoms with Crippen LogP contribution in [0.15, 0.2) is 59.1 Å². The van der Waals surface area contributed by atoms with Gasteiger partial charge in [-0.05, 0) is 37.0 Å². The predicted octanol–water partition coefficient (Wildman–Crippen LogP) is 5.29. The van der Waals surface area contributed by atoms with Crippen LogP contribution >= 0.6 is 0 Å². The number of benzene rings is 2. The highest BCUT2D eigenvalue weighted by molar-refractivity contribution is 6.01. The summed E-state index contributed by atoms with van der Waals surface area (Å²) in [5, 5.41) is 15.1. The molecule has 0 bridgehead atoms. The third-order valence-electron chi connectivity index (χ3n) is 6.18. The van der Waals surface area contributed by atoms with Crippen LogP contribution in [0.1, 0.15) is 62.1 Å². The first-order chi connectivity index (χ1) is 19.5. The zero-order valence-electron chi connectivity index (χ0n) is 24.3. The molecule has 2 aromatic heterocycles. The zero-order valence-corrected chi connectivity index (χ0v) is 24.3. The highest BCUT2D eigenvalue weighted by Gasteiger charge is 2.30. The Morgan fingerprint density at radius 2 is 1.71 bits per heavy atom. The van der Waals surface area contributed by atoms with Gasteiger partial charge in [0.25, 0.3) is 0 Å². The van der Waals surface area contributed by atoms with Crippen molar-refractivity contribution in [2.24, 2.45) is 11.8 Å². The minimum Gasteiger partial charge on any atom is -0.508 e. The lowest BCUT2D eigenvalue weighted by Crippen LogP contribution is -2.40. The summed E-state index contributed by atoms with van der Waals surface area (Å²) in [5.41, 5.74) is 2.75. The summed E-state index contributed by atoms with van der Waals surface area (Å²) < 4.78 is 11.0. The molecule has 0 aliphatic rings. The molecule has 0 saturated carbocycles. The van der Waals surface area contributed by atoms with E-state index in [2.05, 4.69) is 20.6 Å². The number of methoxy groups -OCH3 is 1. The first kappa shape index (κ1) is 30.9. The first-order valence-electron chi connectivity index (χ1n) is 13.5. The molecule has 4 N–H and O–H groups in total. The number of carbonyl (C=O) groups is 3. The van der Waals surface area contributed by atoms with Crippen molar-refractivity contribution in [2.45, 2.75) is 47.1 Å². The molecule has 2 heterocycles. The van der Waals surface area contributed by atoms with Gasteiger partial charge in [0.15, 0.2) is 11.5 Å². The SMILES string of the molecule is COC(=O)c1nc(C(NC(=O)CNC(=O)CC(C)C)C(C)C)oc1-c1c[nH]c2ccccc12.Cc1ccc(O)cc1. The van der Waals surface area contributed by atoms with Crippen LogP contribution in [0, 0.1) is 18.8 Å². The Bertz CT molecular complexity index is 1450. The Hall–Kier alpha value is -4.60. The molecule has 10 nitrogen and oxygen atoms in total. The van der Waals surface area contributed by atoms with E-state index in [1.165, 1.54) is 12.7 Å². The Kier molecular flexibility index (Phi) is 10.7. The van der Waals surface area contributed by atoms with E-state index in [-0.39, 0.29) is 47.5 Å². The Balaban J connectivity index is 0.000000496. The van der Waals surface area contributed by atoms with Crippen molar-refractivity contribution in [2.75, 3.05) is 13.7 Å². The standard InChI is InChI=1S/C24H30N4O5.C7H8O/c1-13(2)10-18(29)26-12-19(30)27-20(14(3)4)23-28-21(24(31)32-5)22(33-23)16-11-25-17-9-7-6-8-15(16)17;1-6-2-4-7(8)5-3-6/h6-9,11,13-14,20,25H,10,12H2,1-5H3,(H,26,29)(H,27,30);2-5,8H,1H3. The Morgan fingerprint density at radius 1 is 1.02 bits per heavy atom. The number of aryl methyl sites for hydroxylation is 1. The fourth-order valence-electron chi connectivity index (χ4n) is 4.05. The lowest BCUT2D eigenvalue weighted by atomic mass is 10.0. The number of phenols is 1. The maximum atomic E-state index is 12.5. The van der Waals surface area contributed by atoms with E-state index in [4.69, 9.17) is 14.3 Å². The minimum absolute atomic E-state index is 0.0300. The number of phenolic OH excluding ortho intramolecular Hbond substituents is 1. The smallest absolute Gasteiger partial charge is 0.360 e.